The number of nitro benzene ring substituents is 1. The van der Waals surface area contributed by atoms with Gasteiger partial charge in [-0.15, -0.1) is 0 Å². The topological polar surface area (TPSA) is 81.5 Å². The number of nitrogens with one attached hydrogen (secondary N) is 1. The molecule has 1 amide bonds. The van der Waals surface area contributed by atoms with E-state index < -0.39 is 10.8 Å². The van der Waals surface area contributed by atoms with Crippen LogP contribution >= 0.6 is 11.6 Å². The molecule has 0 spiro atoms. The Morgan fingerprint density at radius 1 is 1.45 bits per heavy atom. The molecule has 1 fully saturated rings. The van der Waals surface area contributed by atoms with Gasteiger partial charge in [-0.25, -0.2) is 0 Å². The second-order valence-corrected chi connectivity index (χ2v) is 6.69. The Bertz CT molecular complexity index is 632. The van der Waals surface area contributed by atoms with Crippen molar-refractivity contribution in [2.75, 3.05) is 7.11 Å². The number of carbonyl (C=O) groups excluding carboxylic acids is 1. The third kappa shape index (κ3) is 2.46. The number of methoxy groups -OCH3 is 1. The Kier molecular flexibility index (Phi) is 4.19. The maximum absolute atomic E-state index is 12.4. The Balaban J connectivity index is 2.24. The molecule has 0 unspecified atom stereocenters. The van der Waals surface area contributed by atoms with Crippen LogP contribution in [0.15, 0.2) is 18.2 Å². The predicted octanol–water partition coefficient (Wildman–Crippen LogP) is 3.18. The van der Waals surface area contributed by atoms with Crippen molar-refractivity contribution in [2.24, 2.45) is 5.41 Å². The zero-order valence-electron chi connectivity index (χ0n) is 13.0. The fraction of sp³-hybridized carbons (Fsp3) is 0.533. The molecule has 22 heavy (non-hydrogen) atoms. The number of nitro groups is 1. The summed E-state index contributed by atoms with van der Waals surface area (Å²) < 4.78 is 5.51. The normalized spacial score (nSPS) is 26.1. The minimum absolute atomic E-state index is 0.0679. The average Bonchev–Trinajstić information content (AvgIpc) is 2.45. The van der Waals surface area contributed by atoms with Crippen molar-refractivity contribution in [2.45, 2.75) is 38.8 Å². The number of ether oxygens (including phenoxy) is 1. The van der Waals surface area contributed by atoms with Crippen molar-refractivity contribution >= 4 is 23.2 Å². The van der Waals surface area contributed by atoms with Gasteiger partial charge in [0.15, 0.2) is 0 Å². The summed E-state index contributed by atoms with van der Waals surface area (Å²) >= 11 is 5.98. The molecule has 1 aromatic carbocycles. The quantitative estimate of drug-likeness (QED) is 0.680. The van der Waals surface area contributed by atoms with Crippen LogP contribution in [0.25, 0.3) is 0 Å². The summed E-state index contributed by atoms with van der Waals surface area (Å²) in [7, 11) is 1.64. The van der Waals surface area contributed by atoms with Gasteiger partial charge in [-0.1, -0.05) is 31.5 Å². The van der Waals surface area contributed by atoms with E-state index in [0.717, 1.165) is 0 Å². The molecule has 1 N–H and O–H groups in total. The standard InChI is InChI=1S/C15H19ClN2O4/c1-14(2)11(8-15(14,3)22-4)17-13(19)12-9(16)6-5-7-10(12)18(20)21/h5-7,11H,8H2,1-4H3,(H,17,19)/t11-,15+/m0/s1. The molecule has 0 bridgehead atoms. The molecule has 0 aliphatic heterocycles. The number of hydrogen-bond acceptors (Lipinski definition) is 4. The predicted molar refractivity (Wildman–Crippen MR) is 83.2 cm³/mol. The first-order valence-corrected chi connectivity index (χ1v) is 7.31. The lowest BCUT2D eigenvalue weighted by atomic mass is 9.56. The van der Waals surface area contributed by atoms with Crippen molar-refractivity contribution in [3.8, 4) is 0 Å². The average molecular weight is 327 g/mol. The summed E-state index contributed by atoms with van der Waals surface area (Å²) in [5, 5.41) is 14.0. The van der Waals surface area contributed by atoms with Crippen LogP contribution < -0.4 is 5.32 Å². The lowest BCUT2D eigenvalue weighted by molar-refractivity contribution is -0.385. The summed E-state index contributed by atoms with van der Waals surface area (Å²) in [4.78, 5) is 22.9. The minimum atomic E-state index is -0.605. The molecule has 2 rings (SSSR count). The monoisotopic (exact) mass is 326 g/mol. The third-order valence-corrected chi connectivity index (χ3v) is 5.31. The number of rotatable bonds is 4. The molecule has 0 aromatic heterocycles. The molecule has 0 heterocycles. The minimum Gasteiger partial charge on any atom is -0.378 e. The molecule has 1 aliphatic rings. The van der Waals surface area contributed by atoms with Crippen LogP contribution in [-0.4, -0.2) is 29.6 Å². The van der Waals surface area contributed by atoms with Gasteiger partial charge in [0.1, 0.15) is 5.56 Å². The van der Waals surface area contributed by atoms with Crippen LogP contribution in [0.3, 0.4) is 0 Å². The van der Waals surface area contributed by atoms with Crippen LogP contribution in [0.5, 0.6) is 0 Å². The Labute approximate surface area is 133 Å². The fourth-order valence-corrected chi connectivity index (χ4v) is 3.10. The molecule has 1 aromatic rings. The summed E-state index contributed by atoms with van der Waals surface area (Å²) in [6, 6.07) is 4.05. The summed E-state index contributed by atoms with van der Waals surface area (Å²) in [6.45, 7) is 5.96. The molecule has 2 atom stereocenters. The fourth-order valence-electron chi connectivity index (χ4n) is 2.84. The van der Waals surface area contributed by atoms with Crippen molar-refractivity contribution in [3.63, 3.8) is 0 Å². The highest BCUT2D eigenvalue weighted by molar-refractivity contribution is 6.34. The molecule has 120 valence electrons. The van der Waals surface area contributed by atoms with E-state index >= 15 is 0 Å². The molecule has 1 saturated carbocycles. The number of benzene rings is 1. The van der Waals surface area contributed by atoms with Crippen LogP contribution in [0.4, 0.5) is 5.69 Å². The SMILES string of the molecule is CO[C@]1(C)C[C@H](NC(=O)c2c(Cl)cccc2[N+](=O)[O-])C1(C)C. The van der Waals surface area contributed by atoms with E-state index in [4.69, 9.17) is 16.3 Å². The van der Waals surface area contributed by atoms with Gasteiger partial charge in [0, 0.05) is 24.6 Å². The van der Waals surface area contributed by atoms with Crippen molar-refractivity contribution in [1.29, 1.82) is 0 Å². The summed E-state index contributed by atoms with van der Waals surface area (Å²) in [5.74, 6) is -0.534. The van der Waals surface area contributed by atoms with Crippen LogP contribution in [0.1, 0.15) is 37.6 Å². The van der Waals surface area contributed by atoms with Crippen molar-refractivity contribution in [3.05, 3.63) is 38.9 Å². The smallest absolute Gasteiger partial charge is 0.283 e. The van der Waals surface area contributed by atoms with Crippen molar-refractivity contribution < 1.29 is 14.5 Å². The highest BCUT2D eigenvalue weighted by Gasteiger charge is 2.58. The number of amides is 1. The van der Waals surface area contributed by atoms with Gasteiger partial charge in [-0.3, -0.25) is 14.9 Å². The van der Waals surface area contributed by atoms with Crippen LogP contribution in [0.2, 0.25) is 5.02 Å². The maximum atomic E-state index is 12.4. The highest BCUT2D eigenvalue weighted by Crippen LogP contribution is 2.51. The van der Waals surface area contributed by atoms with E-state index in [-0.39, 0.29) is 33.3 Å². The molecule has 6 nitrogen and oxygen atoms in total. The summed E-state index contributed by atoms with van der Waals surface area (Å²) in [5.41, 5.74) is -1.02. The molecular weight excluding hydrogens is 308 g/mol. The number of hydrogen-bond donors (Lipinski definition) is 1. The highest BCUT2D eigenvalue weighted by atomic mass is 35.5. The maximum Gasteiger partial charge on any atom is 0.283 e. The largest absolute Gasteiger partial charge is 0.378 e. The number of halogens is 1. The Morgan fingerprint density at radius 2 is 2.09 bits per heavy atom. The van der Waals surface area contributed by atoms with E-state index in [1.54, 1.807) is 7.11 Å². The zero-order valence-corrected chi connectivity index (χ0v) is 13.7. The Hall–Kier alpha value is -1.66. The molecule has 7 heteroatoms. The lowest BCUT2D eigenvalue weighted by Gasteiger charge is -2.59. The van der Waals surface area contributed by atoms with E-state index in [9.17, 15) is 14.9 Å². The zero-order chi connectivity index (χ0) is 16.7. The van der Waals surface area contributed by atoms with Gasteiger partial charge in [0.05, 0.1) is 15.5 Å². The van der Waals surface area contributed by atoms with Crippen LogP contribution in [0, 0.1) is 15.5 Å². The Morgan fingerprint density at radius 3 is 2.59 bits per heavy atom. The van der Waals surface area contributed by atoms with Gasteiger partial charge in [0.25, 0.3) is 11.6 Å². The van der Waals surface area contributed by atoms with Crippen LogP contribution in [-0.2, 0) is 4.74 Å². The molecule has 0 saturated heterocycles. The first kappa shape index (κ1) is 16.7. The van der Waals surface area contributed by atoms with Gasteiger partial charge in [-0.2, -0.15) is 0 Å². The second-order valence-electron chi connectivity index (χ2n) is 6.28. The van der Waals surface area contributed by atoms with E-state index in [1.165, 1.54) is 18.2 Å². The van der Waals surface area contributed by atoms with Gasteiger partial charge in [-0.05, 0) is 19.4 Å². The van der Waals surface area contributed by atoms with Gasteiger partial charge >= 0.3 is 0 Å². The molecule has 1 aliphatic carbocycles. The number of nitrogens with zero attached hydrogens (tertiary/aromatic N) is 1. The molecule has 0 radical (unpaired) electrons. The molecular formula is C15H19ClN2O4. The third-order valence-electron chi connectivity index (χ3n) is 5.00. The second kappa shape index (κ2) is 5.52. The number of carbonyl (C=O) groups is 1. The lowest BCUT2D eigenvalue weighted by Crippen LogP contribution is -2.68. The van der Waals surface area contributed by atoms with E-state index in [0.29, 0.717) is 6.42 Å². The first-order chi connectivity index (χ1) is 10.1. The van der Waals surface area contributed by atoms with Crippen molar-refractivity contribution in [1.82, 2.24) is 5.32 Å². The summed E-state index contributed by atoms with van der Waals surface area (Å²) in [6.07, 6.45) is 0.639. The van der Waals surface area contributed by atoms with E-state index in [2.05, 4.69) is 5.32 Å². The van der Waals surface area contributed by atoms with E-state index in [1.807, 2.05) is 20.8 Å². The first-order valence-electron chi connectivity index (χ1n) is 6.93. The van der Waals surface area contributed by atoms with Gasteiger partial charge in [0.2, 0.25) is 0 Å². The van der Waals surface area contributed by atoms with Gasteiger partial charge < -0.3 is 10.1 Å².